The zero-order valence-electron chi connectivity index (χ0n) is 9.47. The van der Waals surface area contributed by atoms with Crippen molar-refractivity contribution < 1.29 is 15.0 Å². The number of hydrogen-bond donors (Lipinski definition) is 2. The lowest BCUT2D eigenvalue weighted by Crippen LogP contribution is -2.43. The number of aliphatic carboxylic acids is 1. The molecule has 2 aliphatic rings. The number of carboxylic acids is 1. The van der Waals surface area contributed by atoms with Crippen LogP contribution in [0, 0.1) is 0 Å². The van der Waals surface area contributed by atoms with Crippen molar-refractivity contribution in [3.05, 3.63) is 23.8 Å². The van der Waals surface area contributed by atoms with E-state index < -0.39 is 12.0 Å². The number of carboxylic acid groups (broad SMARTS) is 1. The van der Waals surface area contributed by atoms with E-state index >= 15 is 0 Å². The largest absolute Gasteiger partial charge is 0.508 e. The van der Waals surface area contributed by atoms with E-state index in [4.69, 9.17) is 0 Å². The molecule has 3 rings (SSSR count). The van der Waals surface area contributed by atoms with E-state index in [1.807, 2.05) is 11.0 Å². The van der Waals surface area contributed by atoms with Gasteiger partial charge in [0.15, 0.2) is 0 Å². The number of carbonyl (C=O) groups is 1. The first-order chi connectivity index (χ1) is 8.18. The van der Waals surface area contributed by atoms with Crippen molar-refractivity contribution in [2.24, 2.45) is 0 Å². The second-order valence-corrected chi connectivity index (χ2v) is 4.81. The van der Waals surface area contributed by atoms with E-state index in [9.17, 15) is 15.0 Å². The molecular formula is C13H15NO3. The summed E-state index contributed by atoms with van der Waals surface area (Å²) in [6.07, 6.45) is 3.42. The van der Waals surface area contributed by atoms with Crippen LogP contribution >= 0.6 is 0 Å². The van der Waals surface area contributed by atoms with Crippen molar-refractivity contribution in [1.82, 2.24) is 0 Å². The van der Waals surface area contributed by atoms with Gasteiger partial charge in [0, 0.05) is 17.3 Å². The first-order valence-corrected chi connectivity index (χ1v) is 6.00. The standard InChI is InChI=1S/C13H15NO3/c15-12-3-1-2-10-9(12)6-4-8-5-7-11(13(16)17)14(8)10/h1-3,8,11,15H,4-7H2,(H,16,17). The number of hydrogen-bond acceptors (Lipinski definition) is 3. The number of rotatable bonds is 1. The van der Waals surface area contributed by atoms with Gasteiger partial charge in [0.25, 0.3) is 0 Å². The van der Waals surface area contributed by atoms with Gasteiger partial charge in [0.2, 0.25) is 0 Å². The van der Waals surface area contributed by atoms with Gasteiger partial charge in [-0.3, -0.25) is 0 Å². The summed E-state index contributed by atoms with van der Waals surface area (Å²) in [5.74, 6) is -0.472. The average molecular weight is 233 g/mol. The highest BCUT2D eigenvalue weighted by molar-refractivity contribution is 5.81. The summed E-state index contributed by atoms with van der Waals surface area (Å²) < 4.78 is 0. The van der Waals surface area contributed by atoms with Gasteiger partial charge in [-0.05, 0) is 37.8 Å². The smallest absolute Gasteiger partial charge is 0.326 e. The molecule has 2 unspecified atom stereocenters. The molecule has 1 saturated heterocycles. The predicted octanol–water partition coefficient (Wildman–Crippen LogP) is 1.76. The fourth-order valence-corrected chi connectivity index (χ4v) is 3.15. The Balaban J connectivity index is 2.08. The molecule has 0 radical (unpaired) electrons. The molecular weight excluding hydrogens is 218 g/mol. The summed E-state index contributed by atoms with van der Waals surface area (Å²) in [6, 6.07) is 5.27. The molecule has 0 amide bonds. The predicted molar refractivity (Wildman–Crippen MR) is 63.4 cm³/mol. The monoisotopic (exact) mass is 233 g/mol. The average Bonchev–Trinajstić information content (AvgIpc) is 2.73. The summed E-state index contributed by atoms with van der Waals surface area (Å²) in [7, 11) is 0. The molecule has 2 N–H and O–H groups in total. The first kappa shape index (κ1) is 10.4. The number of anilines is 1. The van der Waals surface area contributed by atoms with Gasteiger partial charge in [-0.25, -0.2) is 4.79 Å². The molecule has 0 saturated carbocycles. The SMILES string of the molecule is O=C(O)C1CCC2CCc3c(O)cccc3N21. The second-order valence-electron chi connectivity index (χ2n) is 4.81. The van der Waals surface area contributed by atoms with Gasteiger partial charge < -0.3 is 15.1 Å². The van der Waals surface area contributed by atoms with E-state index in [1.54, 1.807) is 12.1 Å². The minimum absolute atomic E-state index is 0.289. The molecule has 1 aromatic carbocycles. The van der Waals surface area contributed by atoms with Crippen LogP contribution in [0.15, 0.2) is 18.2 Å². The highest BCUT2D eigenvalue weighted by Gasteiger charge is 2.41. The van der Waals surface area contributed by atoms with Crippen molar-refractivity contribution >= 4 is 11.7 Å². The van der Waals surface area contributed by atoms with E-state index in [1.165, 1.54) is 0 Å². The van der Waals surface area contributed by atoms with Crippen molar-refractivity contribution in [2.45, 2.75) is 37.8 Å². The Morgan fingerprint density at radius 3 is 2.88 bits per heavy atom. The van der Waals surface area contributed by atoms with E-state index in [0.29, 0.717) is 12.5 Å². The Labute approximate surface area is 99.5 Å². The maximum atomic E-state index is 11.2. The van der Waals surface area contributed by atoms with Crippen LogP contribution in [0.5, 0.6) is 5.75 Å². The minimum atomic E-state index is -0.760. The number of phenols is 1. The van der Waals surface area contributed by atoms with Gasteiger partial charge >= 0.3 is 5.97 Å². The minimum Gasteiger partial charge on any atom is -0.508 e. The van der Waals surface area contributed by atoms with Crippen LogP contribution in [0.3, 0.4) is 0 Å². The van der Waals surface area contributed by atoms with Crippen molar-refractivity contribution in [3.63, 3.8) is 0 Å². The molecule has 2 aliphatic heterocycles. The molecule has 2 heterocycles. The number of phenolic OH excluding ortho intramolecular Hbond substituents is 1. The Bertz CT molecular complexity index is 472. The molecule has 90 valence electrons. The molecule has 0 aromatic heterocycles. The molecule has 1 aromatic rings. The van der Waals surface area contributed by atoms with Gasteiger partial charge in [0.05, 0.1) is 0 Å². The van der Waals surface area contributed by atoms with E-state index in [2.05, 4.69) is 0 Å². The molecule has 4 heteroatoms. The lowest BCUT2D eigenvalue weighted by molar-refractivity contribution is -0.138. The highest BCUT2D eigenvalue weighted by Crippen LogP contribution is 2.42. The molecule has 1 fully saturated rings. The van der Waals surface area contributed by atoms with Crippen LogP contribution in [0.4, 0.5) is 5.69 Å². The quantitative estimate of drug-likeness (QED) is 0.776. The van der Waals surface area contributed by atoms with Crippen molar-refractivity contribution in [2.75, 3.05) is 4.90 Å². The van der Waals surface area contributed by atoms with E-state index in [0.717, 1.165) is 30.5 Å². The summed E-state index contributed by atoms with van der Waals surface area (Å²) in [5, 5.41) is 19.1. The zero-order chi connectivity index (χ0) is 12.0. The summed E-state index contributed by atoms with van der Waals surface area (Å²) in [6.45, 7) is 0. The van der Waals surface area contributed by atoms with Crippen LogP contribution in [-0.4, -0.2) is 28.3 Å². The lowest BCUT2D eigenvalue weighted by Gasteiger charge is -2.36. The van der Waals surface area contributed by atoms with Crippen LogP contribution in [-0.2, 0) is 11.2 Å². The van der Waals surface area contributed by atoms with Crippen LogP contribution in [0.25, 0.3) is 0 Å². The fraction of sp³-hybridized carbons (Fsp3) is 0.462. The summed E-state index contributed by atoms with van der Waals surface area (Å²) >= 11 is 0. The zero-order valence-corrected chi connectivity index (χ0v) is 9.47. The Hall–Kier alpha value is -1.71. The Kier molecular flexibility index (Phi) is 2.24. The number of aromatic hydroxyl groups is 1. The maximum absolute atomic E-state index is 11.2. The Morgan fingerprint density at radius 2 is 2.12 bits per heavy atom. The second kappa shape index (κ2) is 3.65. The van der Waals surface area contributed by atoms with Gasteiger partial charge in [-0.1, -0.05) is 6.07 Å². The summed E-state index contributed by atoms with van der Waals surface area (Å²) in [5.41, 5.74) is 1.81. The maximum Gasteiger partial charge on any atom is 0.326 e. The number of benzene rings is 1. The van der Waals surface area contributed by atoms with Gasteiger partial charge in [-0.2, -0.15) is 0 Å². The first-order valence-electron chi connectivity index (χ1n) is 6.00. The number of fused-ring (bicyclic) bond motifs is 3. The lowest BCUT2D eigenvalue weighted by atomic mass is 9.95. The third-order valence-electron chi connectivity index (χ3n) is 3.92. The van der Waals surface area contributed by atoms with Crippen molar-refractivity contribution in [1.29, 1.82) is 0 Å². The topological polar surface area (TPSA) is 60.8 Å². The van der Waals surface area contributed by atoms with Crippen LogP contribution in [0.1, 0.15) is 24.8 Å². The Morgan fingerprint density at radius 1 is 1.29 bits per heavy atom. The van der Waals surface area contributed by atoms with Gasteiger partial charge in [0.1, 0.15) is 11.8 Å². The molecule has 0 spiro atoms. The van der Waals surface area contributed by atoms with E-state index in [-0.39, 0.29) is 5.75 Å². The molecule has 0 aliphatic carbocycles. The summed E-state index contributed by atoms with van der Waals surface area (Å²) in [4.78, 5) is 13.2. The normalized spacial score (nSPS) is 26.5. The molecule has 17 heavy (non-hydrogen) atoms. The molecule has 0 bridgehead atoms. The molecule has 4 nitrogen and oxygen atoms in total. The van der Waals surface area contributed by atoms with Crippen LogP contribution in [0.2, 0.25) is 0 Å². The van der Waals surface area contributed by atoms with Gasteiger partial charge in [-0.15, -0.1) is 0 Å². The number of nitrogens with zero attached hydrogens (tertiary/aromatic N) is 1. The third kappa shape index (κ3) is 1.47. The highest BCUT2D eigenvalue weighted by atomic mass is 16.4. The van der Waals surface area contributed by atoms with Crippen LogP contribution < -0.4 is 4.90 Å². The third-order valence-corrected chi connectivity index (χ3v) is 3.92. The fourth-order valence-electron chi connectivity index (χ4n) is 3.15. The molecule has 2 atom stereocenters. The van der Waals surface area contributed by atoms with Crippen molar-refractivity contribution in [3.8, 4) is 5.75 Å².